The summed E-state index contributed by atoms with van der Waals surface area (Å²) in [6, 6.07) is 13.6. The number of aromatic nitrogens is 4. The van der Waals surface area contributed by atoms with E-state index in [1.807, 2.05) is 13.8 Å². The fourth-order valence-corrected chi connectivity index (χ4v) is 3.74. The molecule has 0 unspecified atom stereocenters. The van der Waals surface area contributed by atoms with E-state index in [1.165, 1.54) is 37.7 Å². The van der Waals surface area contributed by atoms with Crippen LogP contribution in [0.5, 0.6) is 11.5 Å². The number of halogens is 1. The lowest BCUT2D eigenvalue weighted by molar-refractivity contribution is -0.114. The Morgan fingerprint density at radius 1 is 0.974 bits per heavy atom. The van der Waals surface area contributed by atoms with E-state index < -0.39 is 11.8 Å². The number of oxazole rings is 1. The Balaban J connectivity index is 1.31. The fourth-order valence-electron chi connectivity index (χ4n) is 3.74. The van der Waals surface area contributed by atoms with Gasteiger partial charge in [0, 0.05) is 31.3 Å². The Bertz CT molecular complexity index is 1680. The molecule has 0 aliphatic heterocycles. The zero-order valence-electron chi connectivity index (χ0n) is 21.2. The zero-order chi connectivity index (χ0) is 27.5. The van der Waals surface area contributed by atoms with Gasteiger partial charge in [-0.05, 0) is 42.3 Å². The second-order valence-corrected chi connectivity index (χ2v) is 8.91. The molecule has 0 aliphatic rings. The molecule has 3 aromatic heterocycles. The van der Waals surface area contributed by atoms with Gasteiger partial charge in [0.05, 0.1) is 17.1 Å². The van der Waals surface area contributed by atoms with Crippen LogP contribution in [0.2, 0.25) is 0 Å². The topological polar surface area (TPSA) is 136 Å². The number of fused-ring (bicyclic) bond motifs is 1. The molecule has 0 saturated heterocycles. The molecule has 5 aromatic rings. The second-order valence-electron chi connectivity index (χ2n) is 8.91. The molecule has 3 amide bonds. The molecule has 0 bridgehead atoms. The van der Waals surface area contributed by atoms with Crippen molar-refractivity contribution < 1.29 is 23.1 Å². The van der Waals surface area contributed by atoms with Crippen LogP contribution in [-0.4, -0.2) is 31.7 Å². The fraction of sp³-hybridized carbons (Fsp3) is 0.148. The number of pyridine rings is 1. The smallest absolute Gasteiger partial charge is 0.324 e. The standard InChI is InChI=1S/C27H24FN7O4/c1-15(2)22-13-26(35(34-22)17-4-7-24-23(10-17)30-14-38-24)33-27(37)32-21-6-5-18(11-20(21)28)39-19-8-9-29-25(12-19)31-16(3)36/h4-15H,1-3H3,(H,29,31,36)(H2,32,33,37). The summed E-state index contributed by atoms with van der Waals surface area (Å²) in [7, 11) is 0. The third kappa shape index (κ3) is 5.85. The molecule has 198 valence electrons. The van der Waals surface area contributed by atoms with Crippen LogP contribution in [-0.2, 0) is 4.79 Å². The highest BCUT2D eigenvalue weighted by molar-refractivity contribution is 5.99. The Morgan fingerprint density at radius 2 is 1.79 bits per heavy atom. The highest BCUT2D eigenvalue weighted by Crippen LogP contribution is 2.28. The van der Waals surface area contributed by atoms with E-state index in [2.05, 4.69) is 31.0 Å². The van der Waals surface area contributed by atoms with Crippen LogP contribution in [0.4, 0.5) is 26.5 Å². The van der Waals surface area contributed by atoms with Gasteiger partial charge in [0.15, 0.2) is 12.0 Å². The number of carbonyl (C=O) groups is 2. The maximum absolute atomic E-state index is 14.8. The molecule has 0 fully saturated rings. The largest absolute Gasteiger partial charge is 0.457 e. The van der Waals surface area contributed by atoms with Crippen molar-refractivity contribution in [2.75, 3.05) is 16.0 Å². The molecular formula is C27H24FN7O4. The van der Waals surface area contributed by atoms with Gasteiger partial charge in [0.25, 0.3) is 0 Å². The summed E-state index contributed by atoms with van der Waals surface area (Å²) < 4.78 is 27.4. The van der Waals surface area contributed by atoms with Gasteiger partial charge >= 0.3 is 6.03 Å². The van der Waals surface area contributed by atoms with Gasteiger partial charge in [-0.15, -0.1) is 0 Å². The first-order chi connectivity index (χ1) is 18.7. The molecule has 0 aliphatic carbocycles. The Hall–Kier alpha value is -5.26. The van der Waals surface area contributed by atoms with Gasteiger partial charge in [-0.3, -0.25) is 10.1 Å². The Morgan fingerprint density at radius 3 is 2.56 bits per heavy atom. The molecule has 0 spiro atoms. The highest BCUT2D eigenvalue weighted by atomic mass is 19.1. The van der Waals surface area contributed by atoms with E-state index in [0.717, 1.165) is 11.8 Å². The first kappa shape index (κ1) is 25.4. The van der Waals surface area contributed by atoms with Gasteiger partial charge in [-0.25, -0.2) is 23.8 Å². The molecular weight excluding hydrogens is 505 g/mol. The normalized spacial score (nSPS) is 11.0. The second kappa shape index (κ2) is 10.6. The molecule has 5 rings (SSSR count). The van der Waals surface area contributed by atoms with E-state index in [4.69, 9.17) is 9.15 Å². The van der Waals surface area contributed by atoms with Crippen molar-refractivity contribution in [3.05, 3.63) is 78.7 Å². The first-order valence-corrected chi connectivity index (χ1v) is 12.0. The van der Waals surface area contributed by atoms with Gasteiger partial charge in [-0.2, -0.15) is 5.10 Å². The number of nitrogens with zero attached hydrogens (tertiary/aromatic N) is 4. The number of benzene rings is 2. The van der Waals surface area contributed by atoms with Gasteiger partial charge in [-0.1, -0.05) is 13.8 Å². The van der Waals surface area contributed by atoms with Crippen molar-refractivity contribution in [3.63, 3.8) is 0 Å². The van der Waals surface area contributed by atoms with Crippen molar-refractivity contribution in [2.24, 2.45) is 0 Å². The first-order valence-electron chi connectivity index (χ1n) is 12.0. The number of anilines is 3. The molecule has 0 radical (unpaired) electrons. The van der Waals surface area contributed by atoms with Crippen LogP contribution >= 0.6 is 0 Å². The predicted molar refractivity (Wildman–Crippen MR) is 143 cm³/mol. The lowest BCUT2D eigenvalue weighted by Gasteiger charge is -2.12. The van der Waals surface area contributed by atoms with Crippen LogP contribution < -0.4 is 20.7 Å². The van der Waals surface area contributed by atoms with Crippen LogP contribution in [0.25, 0.3) is 16.8 Å². The quantitative estimate of drug-likeness (QED) is 0.233. The lowest BCUT2D eigenvalue weighted by Crippen LogP contribution is -2.22. The third-order valence-electron chi connectivity index (χ3n) is 5.58. The summed E-state index contributed by atoms with van der Waals surface area (Å²) in [5, 5.41) is 12.4. The molecule has 39 heavy (non-hydrogen) atoms. The predicted octanol–water partition coefficient (Wildman–Crippen LogP) is 6.07. The number of carbonyl (C=O) groups excluding carboxylic acids is 2. The van der Waals surface area contributed by atoms with Crippen LogP contribution in [0.1, 0.15) is 32.4 Å². The number of ether oxygens (including phenoxy) is 1. The number of hydrogen-bond donors (Lipinski definition) is 3. The average molecular weight is 530 g/mol. The Labute approximate surface area is 222 Å². The lowest BCUT2D eigenvalue weighted by atomic mass is 10.1. The number of hydrogen-bond acceptors (Lipinski definition) is 7. The molecule has 0 saturated carbocycles. The summed E-state index contributed by atoms with van der Waals surface area (Å²) >= 11 is 0. The molecule has 3 heterocycles. The molecule has 2 aromatic carbocycles. The number of amides is 3. The monoisotopic (exact) mass is 529 g/mol. The van der Waals surface area contributed by atoms with Crippen molar-refractivity contribution >= 4 is 40.4 Å². The minimum Gasteiger partial charge on any atom is -0.457 e. The van der Waals surface area contributed by atoms with Crippen LogP contribution in [0, 0.1) is 5.82 Å². The minimum atomic E-state index is -0.702. The Kier molecular flexibility index (Phi) is 6.91. The third-order valence-corrected chi connectivity index (χ3v) is 5.58. The summed E-state index contributed by atoms with van der Waals surface area (Å²) in [4.78, 5) is 32.3. The minimum absolute atomic E-state index is 0.0484. The molecule has 12 heteroatoms. The van der Waals surface area contributed by atoms with E-state index in [-0.39, 0.29) is 23.3 Å². The summed E-state index contributed by atoms with van der Waals surface area (Å²) in [6.45, 7) is 5.34. The molecule has 3 N–H and O–H groups in total. The highest BCUT2D eigenvalue weighted by Gasteiger charge is 2.17. The molecule has 11 nitrogen and oxygen atoms in total. The summed E-state index contributed by atoms with van der Waals surface area (Å²) in [5.41, 5.74) is 2.65. The van der Waals surface area contributed by atoms with Crippen LogP contribution in [0.3, 0.4) is 0 Å². The van der Waals surface area contributed by atoms with Crippen molar-refractivity contribution in [1.82, 2.24) is 19.7 Å². The summed E-state index contributed by atoms with van der Waals surface area (Å²) in [5.74, 6) is 0.366. The average Bonchev–Trinajstić information content (AvgIpc) is 3.52. The number of rotatable bonds is 7. The van der Waals surface area contributed by atoms with Crippen molar-refractivity contribution in [2.45, 2.75) is 26.7 Å². The van der Waals surface area contributed by atoms with E-state index in [1.54, 1.807) is 35.0 Å². The summed E-state index contributed by atoms with van der Waals surface area (Å²) in [6.07, 6.45) is 2.81. The maximum Gasteiger partial charge on any atom is 0.324 e. The van der Waals surface area contributed by atoms with Gasteiger partial charge in [0.1, 0.15) is 34.5 Å². The SMILES string of the molecule is CC(=O)Nc1cc(Oc2ccc(NC(=O)Nc3cc(C(C)C)nn3-c3ccc4ocnc4c3)c(F)c2)ccn1. The van der Waals surface area contributed by atoms with Crippen molar-refractivity contribution in [1.29, 1.82) is 0 Å². The van der Waals surface area contributed by atoms with Crippen LogP contribution in [0.15, 0.2) is 71.6 Å². The number of urea groups is 1. The zero-order valence-corrected chi connectivity index (χ0v) is 21.2. The van der Waals surface area contributed by atoms with E-state index >= 15 is 0 Å². The number of nitrogens with one attached hydrogen (secondary N) is 3. The van der Waals surface area contributed by atoms with Crippen molar-refractivity contribution in [3.8, 4) is 17.2 Å². The molecule has 0 atom stereocenters. The maximum atomic E-state index is 14.8. The van der Waals surface area contributed by atoms with Gasteiger partial charge < -0.3 is 19.8 Å². The van der Waals surface area contributed by atoms with E-state index in [9.17, 15) is 14.0 Å². The van der Waals surface area contributed by atoms with Gasteiger partial charge in [0.2, 0.25) is 5.91 Å². The van der Waals surface area contributed by atoms with E-state index in [0.29, 0.717) is 34.2 Å².